The predicted molar refractivity (Wildman–Crippen MR) is 65.4 cm³/mol. The molecule has 1 aromatic rings. The Morgan fingerprint density at radius 2 is 2.12 bits per heavy atom. The zero-order chi connectivity index (χ0) is 11.0. The van der Waals surface area contributed by atoms with Gasteiger partial charge in [0, 0.05) is 12.3 Å². The highest BCUT2D eigenvalue weighted by Crippen LogP contribution is 2.32. The summed E-state index contributed by atoms with van der Waals surface area (Å²) in [5.41, 5.74) is 1.13. The molecule has 0 saturated carbocycles. The summed E-state index contributed by atoms with van der Waals surface area (Å²) in [4.78, 5) is 18.4. The van der Waals surface area contributed by atoms with Crippen molar-refractivity contribution in [1.29, 1.82) is 0 Å². The van der Waals surface area contributed by atoms with Gasteiger partial charge in [-0.05, 0) is 5.56 Å². The molecule has 1 amide bonds. The maximum Gasteiger partial charge on any atom is 0.231 e. The number of amidine groups is 1. The molecule has 2 aliphatic rings. The van der Waals surface area contributed by atoms with Gasteiger partial charge in [0.05, 0.1) is 12.5 Å². The summed E-state index contributed by atoms with van der Waals surface area (Å²) < 4.78 is 0. The molecule has 1 fully saturated rings. The van der Waals surface area contributed by atoms with Crippen LogP contribution in [-0.2, 0) is 4.79 Å². The van der Waals surface area contributed by atoms with Crippen LogP contribution in [0.5, 0.6) is 0 Å². The second-order valence-electron chi connectivity index (χ2n) is 3.94. The zero-order valence-corrected chi connectivity index (χ0v) is 9.61. The van der Waals surface area contributed by atoms with Crippen molar-refractivity contribution >= 4 is 22.8 Å². The average Bonchev–Trinajstić information content (AvgIpc) is 2.79. The van der Waals surface area contributed by atoms with Crippen molar-refractivity contribution < 1.29 is 4.79 Å². The van der Waals surface area contributed by atoms with Crippen molar-refractivity contribution in [2.75, 3.05) is 12.3 Å². The van der Waals surface area contributed by atoms with E-state index >= 15 is 0 Å². The summed E-state index contributed by atoms with van der Waals surface area (Å²) in [5.74, 6) is 1.19. The Morgan fingerprint density at radius 3 is 2.94 bits per heavy atom. The first kappa shape index (κ1) is 9.90. The van der Waals surface area contributed by atoms with E-state index in [-0.39, 0.29) is 11.9 Å². The number of carbonyl (C=O) groups excluding carboxylic acids is 1. The molecule has 1 aromatic carbocycles. The normalized spacial score (nSPS) is 24.2. The van der Waals surface area contributed by atoms with Gasteiger partial charge in [0.15, 0.2) is 5.17 Å². The quantitative estimate of drug-likeness (QED) is 0.742. The molecule has 1 saturated heterocycles. The van der Waals surface area contributed by atoms with Crippen LogP contribution in [0.25, 0.3) is 0 Å². The van der Waals surface area contributed by atoms with E-state index in [4.69, 9.17) is 0 Å². The number of nitrogens with zero attached hydrogens (tertiary/aromatic N) is 2. The van der Waals surface area contributed by atoms with E-state index in [9.17, 15) is 4.79 Å². The van der Waals surface area contributed by atoms with Crippen LogP contribution in [0.2, 0.25) is 0 Å². The summed E-state index contributed by atoms with van der Waals surface area (Å²) >= 11 is 1.68. The molecule has 0 aromatic heterocycles. The summed E-state index contributed by atoms with van der Waals surface area (Å²) in [6.45, 7) is 0.823. The number of aliphatic imine (C=N–C) groups is 1. The second-order valence-corrected chi connectivity index (χ2v) is 5.00. The Kier molecular flexibility index (Phi) is 2.44. The third-order valence-corrected chi connectivity index (χ3v) is 3.87. The maximum absolute atomic E-state index is 11.9. The van der Waals surface area contributed by atoms with E-state index in [0.717, 1.165) is 23.0 Å². The van der Waals surface area contributed by atoms with Crippen molar-refractivity contribution in [3.05, 3.63) is 35.9 Å². The number of rotatable bonds is 1. The first-order valence-corrected chi connectivity index (χ1v) is 6.39. The highest BCUT2D eigenvalue weighted by molar-refractivity contribution is 8.14. The van der Waals surface area contributed by atoms with Crippen LogP contribution in [-0.4, -0.2) is 28.3 Å². The lowest BCUT2D eigenvalue weighted by atomic mass is 10.0. The number of hydrogen-bond acceptors (Lipinski definition) is 3. The molecule has 0 N–H and O–H groups in total. The molecular formula is C12H12N2OS. The topological polar surface area (TPSA) is 32.7 Å². The van der Waals surface area contributed by atoms with Gasteiger partial charge in [0.2, 0.25) is 5.91 Å². The molecule has 3 nitrogen and oxygen atoms in total. The Hall–Kier alpha value is -1.29. The second kappa shape index (κ2) is 3.94. The summed E-state index contributed by atoms with van der Waals surface area (Å²) in [6.07, 6.45) is 0.508. The lowest BCUT2D eigenvalue weighted by Crippen LogP contribution is -2.36. The summed E-state index contributed by atoms with van der Waals surface area (Å²) in [6, 6.07) is 10.1. The van der Waals surface area contributed by atoms with E-state index in [1.54, 1.807) is 11.8 Å². The van der Waals surface area contributed by atoms with Crippen LogP contribution in [0.4, 0.5) is 0 Å². The summed E-state index contributed by atoms with van der Waals surface area (Å²) in [7, 11) is 0. The van der Waals surface area contributed by atoms with E-state index in [0.29, 0.717) is 6.42 Å². The smallest absolute Gasteiger partial charge is 0.231 e. The fourth-order valence-electron chi connectivity index (χ4n) is 2.06. The fraction of sp³-hybridized carbons (Fsp3) is 0.333. The first-order chi connectivity index (χ1) is 7.84. The van der Waals surface area contributed by atoms with Gasteiger partial charge in [-0.1, -0.05) is 42.1 Å². The van der Waals surface area contributed by atoms with Crippen molar-refractivity contribution in [3.63, 3.8) is 0 Å². The van der Waals surface area contributed by atoms with Crippen LogP contribution in [0.3, 0.4) is 0 Å². The minimum Gasteiger partial charge on any atom is -0.291 e. The number of amides is 1. The Labute approximate surface area is 98.5 Å². The molecule has 3 rings (SSSR count). The molecular weight excluding hydrogens is 220 g/mol. The molecule has 16 heavy (non-hydrogen) atoms. The summed E-state index contributed by atoms with van der Waals surface area (Å²) in [5, 5.41) is 0.908. The zero-order valence-electron chi connectivity index (χ0n) is 8.80. The molecule has 0 spiro atoms. The van der Waals surface area contributed by atoms with Gasteiger partial charge >= 0.3 is 0 Å². The van der Waals surface area contributed by atoms with E-state index < -0.39 is 0 Å². The van der Waals surface area contributed by atoms with Gasteiger partial charge in [-0.25, -0.2) is 0 Å². The number of carbonyl (C=O) groups is 1. The van der Waals surface area contributed by atoms with Crippen LogP contribution < -0.4 is 0 Å². The van der Waals surface area contributed by atoms with Crippen LogP contribution in [0.1, 0.15) is 18.0 Å². The highest BCUT2D eigenvalue weighted by atomic mass is 32.2. The molecule has 0 aliphatic carbocycles. The third-order valence-electron chi connectivity index (χ3n) is 2.90. The lowest BCUT2D eigenvalue weighted by molar-refractivity contribution is -0.127. The van der Waals surface area contributed by atoms with Crippen LogP contribution >= 0.6 is 11.8 Å². The molecule has 82 valence electrons. The van der Waals surface area contributed by atoms with Gasteiger partial charge in [-0.3, -0.25) is 14.7 Å². The minimum atomic E-state index is 0.0190. The third kappa shape index (κ3) is 1.63. The monoisotopic (exact) mass is 232 g/mol. The van der Waals surface area contributed by atoms with Crippen molar-refractivity contribution in [1.82, 2.24) is 4.90 Å². The fourth-order valence-corrected chi connectivity index (χ4v) is 3.07. The Morgan fingerprint density at radius 1 is 1.31 bits per heavy atom. The van der Waals surface area contributed by atoms with Crippen LogP contribution in [0, 0.1) is 0 Å². The molecule has 2 heterocycles. The highest BCUT2D eigenvalue weighted by Gasteiger charge is 2.32. The van der Waals surface area contributed by atoms with Gasteiger partial charge < -0.3 is 0 Å². The van der Waals surface area contributed by atoms with E-state index in [1.165, 1.54) is 0 Å². The van der Waals surface area contributed by atoms with Gasteiger partial charge in [-0.15, -0.1) is 0 Å². The largest absolute Gasteiger partial charge is 0.291 e. The number of hydrogen-bond donors (Lipinski definition) is 0. The van der Waals surface area contributed by atoms with E-state index in [2.05, 4.69) is 4.99 Å². The predicted octanol–water partition coefficient (Wildman–Crippen LogP) is 2.06. The van der Waals surface area contributed by atoms with Gasteiger partial charge in [0.25, 0.3) is 0 Å². The van der Waals surface area contributed by atoms with Crippen molar-refractivity contribution in [3.8, 4) is 0 Å². The maximum atomic E-state index is 11.9. The number of benzene rings is 1. The number of fused-ring (bicyclic) bond motifs is 1. The SMILES string of the molecule is O=C1C[C@@H](c2ccccc2)N=C2SCCN12. The lowest BCUT2D eigenvalue weighted by Gasteiger charge is -2.25. The first-order valence-electron chi connectivity index (χ1n) is 5.40. The van der Waals surface area contributed by atoms with Crippen LogP contribution in [0.15, 0.2) is 35.3 Å². The Balaban J connectivity index is 1.94. The minimum absolute atomic E-state index is 0.0190. The molecule has 0 unspecified atom stereocenters. The standard InChI is InChI=1S/C12H12N2OS/c15-11-8-10(9-4-2-1-3-5-9)13-12-14(11)6-7-16-12/h1-5,10H,6-8H2/t10-/m0/s1. The molecule has 2 aliphatic heterocycles. The van der Waals surface area contributed by atoms with Gasteiger partial charge in [0.1, 0.15) is 0 Å². The van der Waals surface area contributed by atoms with Crippen molar-refractivity contribution in [2.24, 2.45) is 4.99 Å². The molecule has 1 atom stereocenters. The molecule has 4 heteroatoms. The van der Waals surface area contributed by atoms with E-state index in [1.807, 2.05) is 35.2 Å². The molecule has 0 radical (unpaired) electrons. The Bertz CT molecular complexity index is 444. The van der Waals surface area contributed by atoms with Crippen molar-refractivity contribution in [2.45, 2.75) is 12.5 Å². The average molecular weight is 232 g/mol. The van der Waals surface area contributed by atoms with Gasteiger partial charge in [-0.2, -0.15) is 0 Å². The number of thioether (sulfide) groups is 1. The molecule has 0 bridgehead atoms.